The van der Waals surface area contributed by atoms with Crippen molar-refractivity contribution in [3.8, 4) is 0 Å². The SMILES string of the molecule is CNCCC1(C)C(=O)CC2(CCC(O)C2)C2(C)C1CCC1(C)C2C(O)C2Cn3cc(C(C=O)c4cc(C5CCCCC5)cc(C5(O)CCOCC5)c4)c4[nH]cc(c43)CCC(C)(CC(O)C3OC3(C)C)C3=C2C1(C)CC3=O. The number of aliphatic hydroxyl groups is 4. The standard InChI is InChI=1S/C64H89N3O9/c1-57(2)56(76-57)47(71)30-58(3)17-14-38-33-66-52-43(45(36-68)40-26-39(37-12-10-9-11-13-37)27-41(28-40)64(74)21-24-75-25-22-64)34-67(53(38)52)35-44-50-51(58)46(70)31-61(50,6)60(5)18-16-48-59(4,20-23-65-8)49(72)32-63(19-15-42(69)29-63)62(48,7)55(60)54(44)73/h26-28,33-34,36-37,42,44-45,47-48,54-56,65-66,69,71,73-74H,9-25,29-32,35H2,1-8H3. The van der Waals surface area contributed by atoms with Crippen molar-refractivity contribution in [1.29, 1.82) is 0 Å². The predicted octanol–water partition coefficient (Wildman–Crippen LogP) is 9.65. The number of allylic oxidation sites excluding steroid dienone is 1. The highest BCUT2D eigenvalue weighted by Crippen LogP contribution is 2.80. The van der Waals surface area contributed by atoms with E-state index >= 15 is 4.79 Å². The summed E-state index contributed by atoms with van der Waals surface area (Å²) in [6, 6.07) is 6.52. The molecule has 5 heterocycles. The number of aromatic nitrogens is 2. The number of H-pyrrole nitrogens is 1. The van der Waals surface area contributed by atoms with Gasteiger partial charge in [0.2, 0.25) is 0 Å². The van der Waals surface area contributed by atoms with Crippen molar-refractivity contribution < 1.29 is 44.3 Å². The first-order chi connectivity index (χ1) is 36.0. The maximum atomic E-state index is 15.7. The highest BCUT2D eigenvalue weighted by molar-refractivity contribution is 6.02. The Hall–Kier alpha value is -3.49. The van der Waals surface area contributed by atoms with E-state index in [1.807, 2.05) is 20.9 Å². The topological polar surface area (TPSA) is 187 Å². The van der Waals surface area contributed by atoms with Crippen molar-refractivity contribution in [2.24, 2.45) is 50.2 Å². The fraction of sp³-hybridized carbons (Fsp3) is 0.734. The van der Waals surface area contributed by atoms with Crippen molar-refractivity contribution in [2.75, 3.05) is 26.8 Å². The Balaban J connectivity index is 1.05. The number of carbonyl (C=O) groups excluding carboxylic acids is 3. The van der Waals surface area contributed by atoms with Crippen LogP contribution in [0.2, 0.25) is 0 Å². The van der Waals surface area contributed by atoms with Crippen LogP contribution in [-0.4, -0.2) is 105 Å². The highest BCUT2D eigenvalue weighted by atomic mass is 16.6. The first-order valence-electron chi connectivity index (χ1n) is 29.8. The van der Waals surface area contributed by atoms with Gasteiger partial charge in [0.15, 0.2) is 5.78 Å². The van der Waals surface area contributed by atoms with E-state index in [1.165, 1.54) is 12.0 Å². The van der Waals surface area contributed by atoms with Crippen LogP contribution in [0.4, 0.5) is 0 Å². The Bertz CT molecular complexity index is 2850. The molecule has 76 heavy (non-hydrogen) atoms. The summed E-state index contributed by atoms with van der Waals surface area (Å²) in [4.78, 5) is 48.5. The van der Waals surface area contributed by atoms with E-state index in [1.54, 1.807) is 0 Å². The summed E-state index contributed by atoms with van der Waals surface area (Å²) in [5.74, 6) is -0.846. The molecule has 14 unspecified atom stereocenters. The normalized spacial score (nSPS) is 40.7. The first kappa shape index (κ1) is 53.2. The molecule has 1 aromatic carbocycles. The number of nitrogens with one attached hydrogen (secondary N) is 2. The fourth-order valence-corrected chi connectivity index (χ4v) is 19.8. The quantitative estimate of drug-likeness (QED) is 0.0798. The van der Waals surface area contributed by atoms with Gasteiger partial charge in [0.25, 0.3) is 0 Å². The van der Waals surface area contributed by atoms with Crippen LogP contribution in [0.25, 0.3) is 11.0 Å². The molecule has 0 amide bonds. The van der Waals surface area contributed by atoms with Crippen LogP contribution in [0.5, 0.6) is 0 Å². The third-order valence-corrected chi connectivity index (χ3v) is 24.1. The van der Waals surface area contributed by atoms with Crippen molar-refractivity contribution in [3.63, 3.8) is 0 Å². The van der Waals surface area contributed by atoms with Crippen molar-refractivity contribution >= 4 is 28.9 Å². The van der Waals surface area contributed by atoms with E-state index in [4.69, 9.17) is 9.47 Å². The lowest BCUT2D eigenvalue weighted by atomic mass is 9.30. The van der Waals surface area contributed by atoms with Crippen molar-refractivity contribution in [3.05, 3.63) is 69.6 Å². The summed E-state index contributed by atoms with van der Waals surface area (Å²) in [7, 11) is 1.95. The summed E-state index contributed by atoms with van der Waals surface area (Å²) in [6.45, 7) is 17.5. The van der Waals surface area contributed by atoms with Gasteiger partial charge in [-0.15, -0.1) is 0 Å². The molecule has 414 valence electrons. The smallest absolute Gasteiger partial charge is 0.160 e. The van der Waals surface area contributed by atoms with E-state index in [0.29, 0.717) is 103 Å². The second-order valence-electron chi connectivity index (χ2n) is 28.4. The van der Waals surface area contributed by atoms with Crippen molar-refractivity contribution in [2.45, 2.75) is 218 Å². The number of aromatic amines is 1. The minimum atomic E-state index is -1.06. The van der Waals surface area contributed by atoms with E-state index in [2.05, 4.69) is 80.1 Å². The molecule has 6 N–H and O–H groups in total. The maximum Gasteiger partial charge on any atom is 0.160 e. The molecule has 14 atom stereocenters. The number of hydrogen-bond donors (Lipinski definition) is 6. The number of rotatable bonds is 11. The van der Waals surface area contributed by atoms with Crippen LogP contribution in [-0.2, 0) is 42.4 Å². The second-order valence-corrected chi connectivity index (χ2v) is 28.4. The molecule has 0 radical (unpaired) electrons. The number of ketones is 2. The highest BCUT2D eigenvalue weighted by Gasteiger charge is 2.77. The van der Waals surface area contributed by atoms with Gasteiger partial charge in [0.05, 0.1) is 46.5 Å². The summed E-state index contributed by atoms with van der Waals surface area (Å²) >= 11 is 0. The molecule has 2 aromatic heterocycles. The predicted molar refractivity (Wildman–Crippen MR) is 292 cm³/mol. The Morgan fingerprint density at radius 3 is 2.33 bits per heavy atom. The number of epoxide rings is 1. The second kappa shape index (κ2) is 18.3. The molecule has 6 aliphatic carbocycles. The Morgan fingerprint density at radius 2 is 1.66 bits per heavy atom. The lowest BCUT2D eigenvalue weighted by molar-refractivity contribution is -0.262. The summed E-state index contributed by atoms with van der Waals surface area (Å²) in [5.41, 5.74) is 3.18. The molecule has 12 nitrogen and oxygen atoms in total. The van der Waals surface area contributed by atoms with Crippen LogP contribution in [0.3, 0.4) is 0 Å². The summed E-state index contributed by atoms with van der Waals surface area (Å²) in [6.07, 6.45) is 15.6. The molecule has 12 heteroatoms. The number of aldehydes is 1. The average Bonchev–Trinajstić information content (AvgIpc) is 3.93. The average molecular weight is 1040 g/mol. The molecule has 0 bridgehead atoms. The lowest BCUT2D eigenvalue weighted by Gasteiger charge is -2.74. The van der Waals surface area contributed by atoms with Gasteiger partial charge in [-0.1, -0.05) is 72.1 Å². The zero-order valence-electron chi connectivity index (χ0n) is 47.0. The molecule has 3 aromatic rings. The number of benzene rings is 1. The monoisotopic (exact) mass is 1040 g/mol. The number of nitrogens with zero attached hydrogens (tertiary/aromatic N) is 1. The lowest BCUT2D eigenvalue weighted by Crippen LogP contribution is -2.72. The van der Waals surface area contributed by atoms with Gasteiger partial charge in [-0.2, -0.15) is 0 Å². The van der Waals surface area contributed by atoms with Gasteiger partial charge in [-0.25, -0.2) is 0 Å². The van der Waals surface area contributed by atoms with Crippen LogP contribution in [0.1, 0.15) is 197 Å². The third kappa shape index (κ3) is 7.62. The molecular weight excluding hydrogens is 955 g/mol. The van der Waals surface area contributed by atoms with Crippen LogP contribution in [0, 0.1) is 50.2 Å². The Labute approximate surface area is 450 Å². The largest absolute Gasteiger partial charge is 0.393 e. The first-order valence-corrected chi connectivity index (χ1v) is 29.8. The van der Waals surface area contributed by atoms with Gasteiger partial charge in [0, 0.05) is 85.7 Å². The van der Waals surface area contributed by atoms with Crippen LogP contribution >= 0.6 is 0 Å². The fourth-order valence-electron chi connectivity index (χ4n) is 19.8. The number of Topliss-reactive ketones (excluding diaryl/α,β-unsaturated/α-hetero) is 2. The van der Waals surface area contributed by atoms with Gasteiger partial charge in [-0.3, -0.25) is 9.59 Å². The molecule has 5 saturated carbocycles. The van der Waals surface area contributed by atoms with E-state index < -0.39 is 73.8 Å². The summed E-state index contributed by atoms with van der Waals surface area (Å²) < 4.78 is 14.2. The Kier molecular flexibility index (Phi) is 12.8. The zero-order valence-corrected chi connectivity index (χ0v) is 47.0. The maximum absolute atomic E-state index is 15.7. The number of aliphatic hydroxyl groups excluding tert-OH is 3. The molecule has 9 aliphatic rings. The molecule has 2 saturated heterocycles. The molecule has 12 rings (SSSR count). The Morgan fingerprint density at radius 1 is 0.921 bits per heavy atom. The molecular formula is C64H89N3O9. The number of carbonyl (C=O) groups is 3. The van der Waals surface area contributed by atoms with Gasteiger partial charge >= 0.3 is 0 Å². The van der Waals surface area contributed by atoms with Gasteiger partial charge in [-0.05, 0) is 165 Å². The van der Waals surface area contributed by atoms with Crippen LogP contribution in [0.15, 0.2) is 41.7 Å². The molecule has 3 aliphatic heterocycles. The number of hydrogen-bond acceptors (Lipinski definition) is 10. The minimum absolute atomic E-state index is 0.0526. The number of ether oxygens (including phenoxy) is 2. The summed E-state index contributed by atoms with van der Waals surface area (Å²) in [5, 5.41) is 53.8. The van der Waals surface area contributed by atoms with Crippen molar-refractivity contribution in [1.82, 2.24) is 14.9 Å². The van der Waals surface area contributed by atoms with Gasteiger partial charge < -0.3 is 49.6 Å². The van der Waals surface area contributed by atoms with Gasteiger partial charge in [0.1, 0.15) is 18.2 Å². The van der Waals surface area contributed by atoms with E-state index in [-0.39, 0.29) is 29.5 Å². The van der Waals surface area contributed by atoms with E-state index in [0.717, 1.165) is 89.2 Å². The minimum Gasteiger partial charge on any atom is -0.393 e. The number of fused-ring (bicyclic) bond motifs is 5. The third-order valence-electron chi connectivity index (χ3n) is 24.1. The van der Waals surface area contributed by atoms with Crippen LogP contribution < -0.4 is 5.32 Å². The molecule has 1 spiro atoms. The van der Waals surface area contributed by atoms with E-state index in [9.17, 15) is 30.0 Å². The zero-order chi connectivity index (χ0) is 53.8. The molecule has 7 fully saturated rings. The number of aryl methyl sites for hydroxylation is 1.